The largest absolute Gasteiger partial charge is 0.380 e. The highest BCUT2D eigenvalue weighted by Crippen LogP contribution is 2.20. The van der Waals surface area contributed by atoms with Crippen LogP contribution in [0.3, 0.4) is 0 Å². The van der Waals surface area contributed by atoms with Gasteiger partial charge in [-0.15, -0.1) is 0 Å². The minimum absolute atomic E-state index is 0.0717. The van der Waals surface area contributed by atoms with E-state index in [2.05, 4.69) is 5.32 Å². The molecule has 1 atom stereocenters. The van der Waals surface area contributed by atoms with Crippen molar-refractivity contribution in [3.63, 3.8) is 0 Å². The predicted octanol–water partition coefficient (Wildman–Crippen LogP) is 0.817. The number of hydrogen-bond donors (Lipinski definition) is 1. The molecule has 0 aliphatic carbocycles. The van der Waals surface area contributed by atoms with E-state index in [4.69, 9.17) is 4.74 Å². The molecule has 1 N–H and O–H groups in total. The van der Waals surface area contributed by atoms with Crippen LogP contribution in [0.2, 0.25) is 0 Å². The first-order chi connectivity index (χ1) is 9.12. The van der Waals surface area contributed by atoms with Gasteiger partial charge in [-0.1, -0.05) is 0 Å². The van der Waals surface area contributed by atoms with Crippen LogP contribution in [0.1, 0.15) is 32.1 Å². The summed E-state index contributed by atoms with van der Waals surface area (Å²) in [5.41, 5.74) is 0. The van der Waals surface area contributed by atoms with E-state index in [1.54, 1.807) is 11.4 Å². The van der Waals surface area contributed by atoms with Crippen molar-refractivity contribution in [2.75, 3.05) is 39.0 Å². The van der Waals surface area contributed by atoms with Gasteiger partial charge < -0.3 is 10.1 Å². The minimum atomic E-state index is -3.09. The molecule has 6 heteroatoms. The van der Waals surface area contributed by atoms with Crippen molar-refractivity contribution in [3.8, 4) is 0 Å². The second-order valence-electron chi connectivity index (χ2n) is 5.66. The summed E-state index contributed by atoms with van der Waals surface area (Å²) < 4.78 is 31.6. The van der Waals surface area contributed by atoms with Crippen LogP contribution >= 0.6 is 0 Å². The number of hydrogen-bond acceptors (Lipinski definition) is 4. The number of methoxy groups -OCH3 is 1. The lowest BCUT2D eigenvalue weighted by Crippen LogP contribution is -2.44. The van der Waals surface area contributed by atoms with E-state index in [1.165, 1.54) is 0 Å². The van der Waals surface area contributed by atoms with Crippen LogP contribution in [0, 0.1) is 5.92 Å². The third-order valence-corrected chi connectivity index (χ3v) is 6.18. The summed E-state index contributed by atoms with van der Waals surface area (Å²) in [6, 6.07) is 0. The lowest BCUT2D eigenvalue weighted by molar-refractivity contribution is 0.0571. The molecule has 2 saturated heterocycles. The number of rotatable bonds is 5. The van der Waals surface area contributed by atoms with E-state index in [0.717, 1.165) is 45.2 Å². The molecule has 2 heterocycles. The van der Waals surface area contributed by atoms with E-state index in [-0.39, 0.29) is 6.10 Å². The van der Waals surface area contributed by atoms with E-state index in [0.29, 0.717) is 24.8 Å². The molecule has 2 fully saturated rings. The first kappa shape index (κ1) is 15.2. The van der Waals surface area contributed by atoms with Gasteiger partial charge in [0.15, 0.2) is 0 Å². The van der Waals surface area contributed by atoms with Gasteiger partial charge in [0.25, 0.3) is 0 Å². The maximum atomic E-state index is 12.3. The molecule has 112 valence electrons. The summed E-state index contributed by atoms with van der Waals surface area (Å²) in [6.45, 7) is 3.25. The maximum absolute atomic E-state index is 12.3. The van der Waals surface area contributed by atoms with Crippen LogP contribution in [0.15, 0.2) is 0 Å². The van der Waals surface area contributed by atoms with Crippen molar-refractivity contribution in [2.45, 2.75) is 38.2 Å². The summed E-state index contributed by atoms with van der Waals surface area (Å²) in [7, 11) is -1.43. The summed E-state index contributed by atoms with van der Waals surface area (Å²) in [5, 5.41) is 3.31. The van der Waals surface area contributed by atoms with Gasteiger partial charge in [0.05, 0.1) is 11.9 Å². The van der Waals surface area contributed by atoms with Crippen molar-refractivity contribution < 1.29 is 13.2 Å². The zero-order valence-corrected chi connectivity index (χ0v) is 12.6. The fourth-order valence-electron chi connectivity index (χ4n) is 2.97. The average Bonchev–Trinajstić information content (AvgIpc) is 2.46. The molecular weight excluding hydrogens is 264 g/mol. The monoisotopic (exact) mass is 290 g/mol. The molecule has 0 amide bonds. The van der Waals surface area contributed by atoms with E-state index in [1.807, 2.05) is 0 Å². The molecule has 0 radical (unpaired) electrons. The third-order valence-electron chi connectivity index (χ3n) is 4.31. The van der Waals surface area contributed by atoms with Gasteiger partial charge in [0.2, 0.25) is 10.0 Å². The highest BCUT2D eigenvalue weighted by Gasteiger charge is 2.29. The highest BCUT2D eigenvalue weighted by atomic mass is 32.2. The number of ether oxygens (including phenoxy) is 1. The molecule has 0 saturated carbocycles. The van der Waals surface area contributed by atoms with E-state index < -0.39 is 10.0 Å². The van der Waals surface area contributed by atoms with Crippen LogP contribution in [-0.4, -0.2) is 57.9 Å². The fraction of sp³-hybridized carbons (Fsp3) is 1.00. The first-order valence-corrected chi connectivity index (χ1v) is 8.94. The van der Waals surface area contributed by atoms with Gasteiger partial charge in [-0.25, -0.2) is 8.42 Å². The standard InChI is InChI=1S/C13H26N2O3S/c1-18-13-3-2-9-15(11-13)19(16,17)10-6-12-4-7-14-8-5-12/h12-14H,2-11H2,1H3. The van der Waals surface area contributed by atoms with Gasteiger partial charge in [0.1, 0.15) is 0 Å². The Hall–Kier alpha value is -0.170. The van der Waals surface area contributed by atoms with Crippen LogP contribution in [0.4, 0.5) is 0 Å². The summed E-state index contributed by atoms with van der Waals surface area (Å²) in [5.74, 6) is 0.868. The minimum Gasteiger partial charge on any atom is -0.380 e. The lowest BCUT2D eigenvalue weighted by Gasteiger charge is -2.31. The van der Waals surface area contributed by atoms with E-state index in [9.17, 15) is 8.42 Å². The number of sulfonamides is 1. The van der Waals surface area contributed by atoms with Crippen LogP contribution in [0.5, 0.6) is 0 Å². The highest BCUT2D eigenvalue weighted by molar-refractivity contribution is 7.89. The zero-order chi connectivity index (χ0) is 13.7. The third kappa shape index (κ3) is 4.41. The molecule has 2 aliphatic rings. The molecular formula is C13H26N2O3S. The number of nitrogens with one attached hydrogen (secondary N) is 1. The molecule has 0 aromatic carbocycles. The Kier molecular flexibility index (Phi) is 5.62. The lowest BCUT2D eigenvalue weighted by atomic mass is 9.96. The van der Waals surface area contributed by atoms with Crippen LogP contribution in [0.25, 0.3) is 0 Å². The number of nitrogens with zero attached hydrogens (tertiary/aromatic N) is 1. The number of piperidine rings is 2. The Morgan fingerprint density at radius 1 is 1.26 bits per heavy atom. The molecule has 0 aromatic rings. The Morgan fingerprint density at radius 3 is 2.68 bits per heavy atom. The normalized spacial score (nSPS) is 27.5. The van der Waals surface area contributed by atoms with Gasteiger partial charge >= 0.3 is 0 Å². The SMILES string of the molecule is COC1CCCN(S(=O)(=O)CCC2CCNCC2)C1. The first-order valence-electron chi connectivity index (χ1n) is 7.33. The Labute approximate surface area is 116 Å². The molecule has 0 bridgehead atoms. The quantitative estimate of drug-likeness (QED) is 0.814. The van der Waals surface area contributed by atoms with Gasteiger partial charge in [-0.05, 0) is 51.1 Å². The Morgan fingerprint density at radius 2 is 2.00 bits per heavy atom. The van der Waals surface area contributed by atoms with Crippen molar-refractivity contribution >= 4 is 10.0 Å². The van der Waals surface area contributed by atoms with Crippen molar-refractivity contribution in [1.82, 2.24) is 9.62 Å². The molecule has 0 spiro atoms. The Bertz CT molecular complexity index is 366. The molecule has 0 aromatic heterocycles. The van der Waals surface area contributed by atoms with Crippen molar-refractivity contribution in [3.05, 3.63) is 0 Å². The van der Waals surface area contributed by atoms with Gasteiger partial charge in [-0.3, -0.25) is 0 Å². The zero-order valence-electron chi connectivity index (χ0n) is 11.8. The van der Waals surface area contributed by atoms with Crippen LogP contribution < -0.4 is 5.32 Å². The van der Waals surface area contributed by atoms with Crippen molar-refractivity contribution in [2.24, 2.45) is 5.92 Å². The van der Waals surface area contributed by atoms with Gasteiger partial charge in [0, 0.05) is 20.2 Å². The molecule has 2 aliphatic heterocycles. The molecule has 1 unspecified atom stereocenters. The maximum Gasteiger partial charge on any atom is 0.214 e. The van der Waals surface area contributed by atoms with Crippen LogP contribution in [-0.2, 0) is 14.8 Å². The molecule has 2 rings (SSSR count). The summed E-state index contributed by atoms with van der Waals surface area (Å²) in [6.07, 6.45) is 4.97. The summed E-state index contributed by atoms with van der Waals surface area (Å²) >= 11 is 0. The molecule has 19 heavy (non-hydrogen) atoms. The smallest absolute Gasteiger partial charge is 0.214 e. The predicted molar refractivity (Wildman–Crippen MR) is 75.6 cm³/mol. The fourth-order valence-corrected chi connectivity index (χ4v) is 4.66. The Balaban J connectivity index is 1.83. The molecule has 5 nitrogen and oxygen atoms in total. The second kappa shape index (κ2) is 7.02. The average molecular weight is 290 g/mol. The summed E-state index contributed by atoms with van der Waals surface area (Å²) in [4.78, 5) is 0. The van der Waals surface area contributed by atoms with E-state index >= 15 is 0 Å². The van der Waals surface area contributed by atoms with Crippen molar-refractivity contribution in [1.29, 1.82) is 0 Å². The second-order valence-corrected chi connectivity index (χ2v) is 7.74. The van der Waals surface area contributed by atoms with Gasteiger partial charge in [-0.2, -0.15) is 4.31 Å². The topological polar surface area (TPSA) is 58.6 Å².